The molecule has 1 aliphatic carbocycles. The summed E-state index contributed by atoms with van der Waals surface area (Å²) >= 11 is 0. The third kappa shape index (κ3) is 4.72. The quantitative estimate of drug-likeness (QED) is 0.418. The Kier molecular flexibility index (Phi) is 6.17. The maximum atomic E-state index is 13.2. The van der Waals surface area contributed by atoms with Gasteiger partial charge in [0.1, 0.15) is 11.7 Å². The monoisotopic (exact) mass is 473 g/mol. The molecule has 0 radical (unpaired) electrons. The molecule has 0 saturated heterocycles. The lowest BCUT2D eigenvalue weighted by atomic mass is 10.0. The smallest absolute Gasteiger partial charge is 0.257 e. The Balaban J connectivity index is 1.39. The zero-order valence-electron chi connectivity index (χ0n) is 19.7. The number of aromatic nitrogens is 5. The number of hydrogen-bond donors (Lipinski definition) is 2. The molecular formula is C25H27N7O3. The summed E-state index contributed by atoms with van der Waals surface area (Å²) in [5.41, 5.74) is 9.81. The van der Waals surface area contributed by atoms with E-state index < -0.39 is 0 Å². The molecule has 10 heteroatoms. The van der Waals surface area contributed by atoms with Crippen LogP contribution < -0.4 is 20.5 Å². The third-order valence-corrected chi connectivity index (χ3v) is 6.15. The van der Waals surface area contributed by atoms with E-state index in [0.717, 1.165) is 35.2 Å². The lowest BCUT2D eigenvalue weighted by molar-refractivity contribution is 0.0946. The molecule has 4 aromatic rings. The van der Waals surface area contributed by atoms with Gasteiger partial charge in [0.05, 0.1) is 7.11 Å². The van der Waals surface area contributed by atoms with E-state index in [4.69, 9.17) is 15.2 Å². The first-order valence-electron chi connectivity index (χ1n) is 11.6. The summed E-state index contributed by atoms with van der Waals surface area (Å²) < 4.78 is 13.1. The van der Waals surface area contributed by atoms with Gasteiger partial charge in [-0.3, -0.25) is 4.79 Å². The second-order valence-electron chi connectivity index (χ2n) is 8.54. The zero-order chi connectivity index (χ0) is 24.4. The number of pyridine rings is 3. The number of rotatable bonds is 7. The summed E-state index contributed by atoms with van der Waals surface area (Å²) in [6.07, 6.45) is 8.06. The minimum Gasteiger partial charge on any atom is -0.480 e. The fourth-order valence-electron chi connectivity index (χ4n) is 4.36. The van der Waals surface area contributed by atoms with Gasteiger partial charge in [0.15, 0.2) is 5.65 Å². The minimum absolute atomic E-state index is 0.182. The molecule has 0 spiro atoms. The van der Waals surface area contributed by atoms with Gasteiger partial charge < -0.3 is 20.5 Å². The normalized spacial score (nSPS) is 13.8. The van der Waals surface area contributed by atoms with E-state index in [0.29, 0.717) is 17.1 Å². The van der Waals surface area contributed by atoms with Gasteiger partial charge in [0, 0.05) is 35.8 Å². The number of carbonyl (C=O) groups is 1. The van der Waals surface area contributed by atoms with Crippen LogP contribution in [0.3, 0.4) is 0 Å². The Morgan fingerprint density at radius 1 is 1.20 bits per heavy atom. The van der Waals surface area contributed by atoms with Crippen molar-refractivity contribution < 1.29 is 14.3 Å². The number of anilines is 1. The first kappa shape index (κ1) is 22.6. The second-order valence-corrected chi connectivity index (χ2v) is 8.54. The number of hydrogen-bond acceptors (Lipinski definition) is 8. The molecular weight excluding hydrogens is 446 g/mol. The van der Waals surface area contributed by atoms with Crippen molar-refractivity contribution in [3.8, 4) is 22.9 Å². The number of amides is 1. The Morgan fingerprint density at radius 2 is 2.03 bits per heavy atom. The van der Waals surface area contributed by atoms with Crippen LogP contribution in [0.15, 0.2) is 42.7 Å². The number of methoxy groups -OCH3 is 1. The lowest BCUT2D eigenvalue weighted by Crippen LogP contribution is -2.25. The fourth-order valence-corrected chi connectivity index (χ4v) is 4.36. The number of aryl methyl sites for hydroxylation is 1. The van der Waals surface area contributed by atoms with Crippen molar-refractivity contribution in [3.63, 3.8) is 0 Å². The van der Waals surface area contributed by atoms with Crippen molar-refractivity contribution in [1.82, 2.24) is 29.9 Å². The molecule has 180 valence electrons. The zero-order valence-corrected chi connectivity index (χ0v) is 19.7. The van der Waals surface area contributed by atoms with Crippen molar-refractivity contribution in [1.29, 1.82) is 0 Å². The van der Waals surface area contributed by atoms with E-state index in [2.05, 4.69) is 25.4 Å². The molecule has 0 aliphatic heterocycles. The Bertz CT molecular complexity index is 1380. The van der Waals surface area contributed by atoms with E-state index in [1.165, 1.54) is 20.0 Å². The van der Waals surface area contributed by atoms with E-state index in [-0.39, 0.29) is 30.4 Å². The van der Waals surface area contributed by atoms with E-state index in [1.54, 1.807) is 23.0 Å². The average Bonchev–Trinajstić information content (AvgIpc) is 3.51. The number of carbonyl (C=O) groups excluding carboxylic acids is 1. The number of nitrogens with zero attached hydrogens (tertiary/aromatic N) is 5. The summed E-state index contributed by atoms with van der Waals surface area (Å²) in [7, 11) is 1.50. The van der Waals surface area contributed by atoms with Gasteiger partial charge in [0.2, 0.25) is 17.7 Å². The van der Waals surface area contributed by atoms with Crippen molar-refractivity contribution in [2.45, 2.75) is 45.3 Å². The average molecular weight is 474 g/mol. The van der Waals surface area contributed by atoms with Crippen LogP contribution >= 0.6 is 0 Å². The van der Waals surface area contributed by atoms with Gasteiger partial charge in [0.25, 0.3) is 5.91 Å². The standard InChI is InChI=1S/C25H27N7O3/c1-15-19(16-9-11-32-21(12-16)30-25(26)31-32)13-20(24(29-15)34-2)22(33)28-14-17-6-5-10-27-23(17)35-18-7-3-4-8-18/h5-6,9-13,18H,3-4,7-8,14H2,1-2H3,(H2,26,31)(H,28,33). The molecule has 5 rings (SSSR count). The van der Waals surface area contributed by atoms with Gasteiger partial charge in [-0.15, -0.1) is 5.10 Å². The molecule has 0 atom stereocenters. The molecule has 0 unspecified atom stereocenters. The van der Waals surface area contributed by atoms with Gasteiger partial charge in [-0.05, 0) is 62.4 Å². The number of ether oxygens (including phenoxy) is 2. The highest BCUT2D eigenvalue weighted by atomic mass is 16.5. The second kappa shape index (κ2) is 9.57. The molecule has 1 fully saturated rings. The van der Waals surface area contributed by atoms with Gasteiger partial charge in [-0.2, -0.15) is 4.98 Å². The highest BCUT2D eigenvalue weighted by Gasteiger charge is 2.21. The Hall–Kier alpha value is -4.21. The Morgan fingerprint density at radius 3 is 2.83 bits per heavy atom. The van der Waals surface area contributed by atoms with Crippen LogP contribution in [-0.2, 0) is 6.54 Å². The summed E-state index contributed by atoms with van der Waals surface area (Å²) in [6, 6.07) is 9.25. The third-order valence-electron chi connectivity index (χ3n) is 6.15. The maximum Gasteiger partial charge on any atom is 0.257 e. The number of nitrogen functional groups attached to an aromatic ring is 1. The van der Waals surface area contributed by atoms with Gasteiger partial charge in [-0.25, -0.2) is 14.5 Å². The van der Waals surface area contributed by atoms with Crippen molar-refractivity contribution in [2.24, 2.45) is 0 Å². The molecule has 1 aliphatic rings. The van der Waals surface area contributed by atoms with E-state index in [9.17, 15) is 4.79 Å². The summed E-state index contributed by atoms with van der Waals surface area (Å²) in [6.45, 7) is 2.14. The summed E-state index contributed by atoms with van der Waals surface area (Å²) in [5.74, 6) is 0.706. The van der Waals surface area contributed by atoms with Crippen LogP contribution in [-0.4, -0.2) is 43.7 Å². The molecule has 0 bridgehead atoms. The molecule has 1 saturated carbocycles. The maximum absolute atomic E-state index is 13.2. The highest BCUT2D eigenvalue weighted by Crippen LogP contribution is 2.29. The number of nitrogens with one attached hydrogen (secondary N) is 1. The van der Waals surface area contributed by atoms with Crippen LogP contribution in [0.25, 0.3) is 16.8 Å². The van der Waals surface area contributed by atoms with Gasteiger partial charge in [-0.1, -0.05) is 6.07 Å². The molecule has 3 N–H and O–H groups in total. The fraction of sp³-hybridized carbons (Fsp3) is 0.320. The number of nitrogens with two attached hydrogens (primary N) is 1. The summed E-state index contributed by atoms with van der Waals surface area (Å²) in [5, 5.41) is 7.07. The van der Waals surface area contributed by atoms with Crippen LogP contribution in [0.2, 0.25) is 0 Å². The molecule has 1 amide bonds. The molecule has 35 heavy (non-hydrogen) atoms. The Labute approximate surface area is 202 Å². The largest absolute Gasteiger partial charge is 0.480 e. The van der Waals surface area contributed by atoms with Crippen LogP contribution in [0.1, 0.15) is 47.3 Å². The predicted molar refractivity (Wildman–Crippen MR) is 130 cm³/mol. The van der Waals surface area contributed by atoms with Crippen molar-refractivity contribution >= 4 is 17.5 Å². The lowest BCUT2D eigenvalue weighted by Gasteiger charge is -2.16. The van der Waals surface area contributed by atoms with E-state index >= 15 is 0 Å². The topological polar surface area (TPSA) is 130 Å². The molecule has 0 aromatic carbocycles. The van der Waals surface area contributed by atoms with Crippen molar-refractivity contribution in [3.05, 3.63) is 59.5 Å². The summed E-state index contributed by atoms with van der Waals surface area (Å²) in [4.78, 5) is 26.4. The molecule has 4 heterocycles. The van der Waals surface area contributed by atoms with Gasteiger partial charge >= 0.3 is 0 Å². The van der Waals surface area contributed by atoms with Crippen LogP contribution in [0.4, 0.5) is 5.95 Å². The first-order valence-corrected chi connectivity index (χ1v) is 11.6. The minimum atomic E-state index is -0.306. The van der Waals surface area contributed by atoms with Crippen LogP contribution in [0, 0.1) is 6.92 Å². The SMILES string of the molecule is COc1nc(C)c(-c2ccn3nc(N)nc3c2)cc1C(=O)NCc1cccnc1OC1CCCC1. The number of fused-ring (bicyclic) bond motifs is 1. The van der Waals surface area contributed by atoms with Crippen LogP contribution in [0.5, 0.6) is 11.8 Å². The molecule has 10 nitrogen and oxygen atoms in total. The van der Waals surface area contributed by atoms with Crippen molar-refractivity contribution in [2.75, 3.05) is 12.8 Å². The predicted octanol–water partition coefficient (Wildman–Crippen LogP) is 3.34. The highest BCUT2D eigenvalue weighted by molar-refractivity contribution is 5.97. The molecule has 4 aromatic heterocycles. The van der Waals surface area contributed by atoms with E-state index in [1.807, 2.05) is 31.2 Å². The first-order chi connectivity index (χ1) is 17.0.